The van der Waals surface area contributed by atoms with E-state index in [1.165, 1.54) is 24.8 Å². The Labute approximate surface area is 98.0 Å². The zero-order valence-corrected chi connectivity index (χ0v) is 10.2. The summed E-state index contributed by atoms with van der Waals surface area (Å²) in [5.74, 6) is 0. The molecule has 1 fully saturated rings. The van der Waals surface area contributed by atoms with Gasteiger partial charge in [-0.15, -0.1) is 0 Å². The number of hydrogen-bond acceptors (Lipinski definition) is 1. The van der Waals surface area contributed by atoms with Crippen LogP contribution >= 0.6 is 27.5 Å². The van der Waals surface area contributed by atoms with Gasteiger partial charge >= 0.3 is 0 Å². The Bertz CT molecular complexity index is 321. The predicted molar refractivity (Wildman–Crippen MR) is 63.7 cm³/mol. The number of hydrogen-bond donors (Lipinski definition) is 1. The summed E-state index contributed by atoms with van der Waals surface area (Å²) >= 11 is 9.61. The summed E-state index contributed by atoms with van der Waals surface area (Å²) in [6, 6.07) is 6.57. The van der Waals surface area contributed by atoms with E-state index in [1.54, 1.807) is 0 Å². The van der Waals surface area contributed by atoms with Gasteiger partial charge in [-0.25, -0.2) is 0 Å². The van der Waals surface area contributed by atoms with Crippen molar-refractivity contribution in [2.75, 3.05) is 6.54 Å². The van der Waals surface area contributed by atoms with Crippen LogP contribution in [0.3, 0.4) is 0 Å². The normalized spacial score (nSPS) is 22.3. The van der Waals surface area contributed by atoms with Crippen molar-refractivity contribution in [2.24, 2.45) is 0 Å². The van der Waals surface area contributed by atoms with Gasteiger partial charge in [-0.05, 0) is 37.1 Å². The van der Waals surface area contributed by atoms with Crippen LogP contribution in [-0.2, 0) is 0 Å². The van der Waals surface area contributed by atoms with Gasteiger partial charge in [0.15, 0.2) is 0 Å². The van der Waals surface area contributed by atoms with Crippen molar-refractivity contribution in [1.29, 1.82) is 0 Å². The monoisotopic (exact) mass is 273 g/mol. The molecule has 76 valence electrons. The van der Waals surface area contributed by atoms with Gasteiger partial charge < -0.3 is 5.32 Å². The predicted octanol–water partition coefficient (Wildman–Crippen LogP) is 3.92. The smallest absolute Gasteiger partial charge is 0.0465 e. The minimum Gasteiger partial charge on any atom is -0.310 e. The molecule has 0 radical (unpaired) electrons. The molecule has 1 atom stereocenters. The third-order valence-corrected chi connectivity index (χ3v) is 3.47. The first-order valence-corrected chi connectivity index (χ1v) is 6.13. The first-order valence-electron chi connectivity index (χ1n) is 4.96. The second-order valence-corrected chi connectivity index (χ2v) is 4.99. The first-order chi connectivity index (χ1) is 6.77. The third-order valence-electron chi connectivity index (χ3n) is 2.65. The van der Waals surface area contributed by atoms with Crippen LogP contribution in [0.5, 0.6) is 0 Å². The van der Waals surface area contributed by atoms with Gasteiger partial charge in [-0.3, -0.25) is 0 Å². The standard InChI is InChI=1S/C11H13BrClN/c12-8-4-5-9(10(13)7-8)11-3-1-2-6-14-11/h4-5,7,11,14H,1-3,6H2. The molecule has 1 aromatic rings. The molecule has 0 spiro atoms. The van der Waals surface area contributed by atoms with Crippen molar-refractivity contribution in [3.8, 4) is 0 Å². The van der Waals surface area contributed by atoms with E-state index in [-0.39, 0.29) is 0 Å². The van der Waals surface area contributed by atoms with Crippen molar-refractivity contribution in [2.45, 2.75) is 25.3 Å². The van der Waals surface area contributed by atoms with Crippen LogP contribution in [0.4, 0.5) is 0 Å². The highest BCUT2D eigenvalue weighted by Crippen LogP contribution is 2.30. The molecule has 0 bridgehead atoms. The average Bonchev–Trinajstić information content (AvgIpc) is 2.19. The van der Waals surface area contributed by atoms with Gasteiger partial charge in [-0.2, -0.15) is 0 Å². The lowest BCUT2D eigenvalue weighted by Gasteiger charge is -2.24. The topological polar surface area (TPSA) is 12.0 Å². The number of rotatable bonds is 1. The highest BCUT2D eigenvalue weighted by atomic mass is 79.9. The molecule has 0 amide bonds. The van der Waals surface area contributed by atoms with Crippen LogP contribution in [0.15, 0.2) is 22.7 Å². The molecule has 1 unspecified atom stereocenters. The van der Waals surface area contributed by atoms with Crippen LogP contribution < -0.4 is 5.32 Å². The maximum absolute atomic E-state index is 6.19. The molecule has 1 N–H and O–H groups in total. The molecule has 14 heavy (non-hydrogen) atoms. The quantitative estimate of drug-likeness (QED) is 0.818. The van der Waals surface area contributed by atoms with Crippen LogP contribution in [0.1, 0.15) is 30.9 Å². The maximum atomic E-state index is 6.19. The molecule has 3 heteroatoms. The van der Waals surface area contributed by atoms with Crippen LogP contribution in [0.25, 0.3) is 0 Å². The van der Waals surface area contributed by atoms with E-state index in [4.69, 9.17) is 11.6 Å². The Hall–Kier alpha value is -0.0500. The highest BCUT2D eigenvalue weighted by Gasteiger charge is 2.16. The number of benzene rings is 1. The number of nitrogens with one attached hydrogen (secondary N) is 1. The van der Waals surface area contributed by atoms with E-state index in [2.05, 4.69) is 33.4 Å². The van der Waals surface area contributed by atoms with E-state index in [9.17, 15) is 0 Å². The fourth-order valence-corrected chi connectivity index (χ4v) is 2.71. The largest absolute Gasteiger partial charge is 0.310 e. The first kappa shape index (κ1) is 10.5. The molecule has 1 aliphatic heterocycles. The molecule has 0 aliphatic carbocycles. The molecular formula is C11H13BrClN. The Kier molecular flexibility index (Phi) is 3.47. The molecule has 0 saturated carbocycles. The summed E-state index contributed by atoms with van der Waals surface area (Å²) in [7, 11) is 0. The molecule has 0 aromatic heterocycles. The van der Waals surface area contributed by atoms with E-state index >= 15 is 0 Å². The summed E-state index contributed by atoms with van der Waals surface area (Å²) in [6.45, 7) is 1.11. The lowest BCUT2D eigenvalue weighted by Crippen LogP contribution is -2.26. The Morgan fingerprint density at radius 2 is 2.21 bits per heavy atom. The lowest BCUT2D eigenvalue weighted by molar-refractivity contribution is 0.412. The van der Waals surface area contributed by atoms with E-state index in [1.807, 2.05) is 6.07 Å². The van der Waals surface area contributed by atoms with Crippen molar-refractivity contribution >= 4 is 27.5 Å². The molecule has 1 aliphatic rings. The van der Waals surface area contributed by atoms with Gasteiger partial charge in [-0.1, -0.05) is 40.0 Å². The second kappa shape index (κ2) is 4.65. The third kappa shape index (κ3) is 2.30. The minimum absolute atomic E-state index is 0.448. The maximum Gasteiger partial charge on any atom is 0.0465 e. The van der Waals surface area contributed by atoms with E-state index in [0.29, 0.717) is 6.04 Å². The number of halogens is 2. The van der Waals surface area contributed by atoms with Gasteiger partial charge in [0.1, 0.15) is 0 Å². The van der Waals surface area contributed by atoms with Crippen LogP contribution in [0, 0.1) is 0 Å². The van der Waals surface area contributed by atoms with Crippen LogP contribution in [-0.4, -0.2) is 6.54 Å². The van der Waals surface area contributed by atoms with Crippen molar-refractivity contribution in [3.63, 3.8) is 0 Å². The van der Waals surface area contributed by atoms with Gasteiger partial charge in [0, 0.05) is 15.5 Å². The second-order valence-electron chi connectivity index (χ2n) is 3.67. The average molecular weight is 275 g/mol. The molecule has 2 rings (SSSR count). The Balaban J connectivity index is 2.22. The fourth-order valence-electron chi connectivity index (χ4n) is 1.90. The Morgan fingerprint density at radius 3 is 2.86 bits per heavy atom. The van der Waals surface area contributed by atoms with Crippen molar-refractivity contribution < 1.29 is 0 Å². The minimum atomic E-state index is 0.448. The van der Waals surface area contributed by atoms with Crippen molar-refractivity contribution in [1.82, 2.24) is 5.32 Å². The summed E-state index contributed by atoms with van der Waals surface area (Å²) in [5.41, 5.74) is 1.23. The van der Waals surface area contributed by atoms with Gasteiger partial charge in [0.05, 0.1) is 0 Å². The summed E-state index contributed by atoms with van der Waals surface area (Å²) in [5, 5.41) is 4.36. The van der Waals surface area contributed by atoms with E-state index < -0.39 is 0 Å². The zero-order valence-electron chi connectivity index (χ0n) is 7.89. The van der Waals surface area contributed by atoms with Crippen molar-refractivity contribution in [3.05, 3.63) is 33.3 Å². The summed E-state index contributed by atoms with van der Waals surface area (Å²) in [4.78, 5) is 0. The summed E-state index contributed by atoms with van der Waals surface area (Å²) < 4.78 is 1.04. The molecular weight excluding hydrogens is 261 g/mol. The van der Waals surface area contributed by atoms with Crippen LogP contribution in [0.2, 0.25) is 5.02 Å². The lowest BCUT2D eigenvalue weighted by atomic mass is 9.98. The highest BCUT2D eigenvalue weighted by molar-refractivity contribution is 9.10. The summed E-state index contributed by atoms with van der Waals surface area (Å²) in [6.07, 6.45) is 3.77. The molecule has 1 saturated heterocycles. The Morgan fingerprint density at radius 1 is 1.36 bits per heavy atom. The van der Waals surface area contributed by atoms with E-state index in [0.717, 1.165) is 16.0 Å². The SMILES string of the molecule is Clc1cc(Br)ccc1C1CCCCN1. The number of piperidine rings is 1. The molecule has 1 nitrogen and oxygen atoms in total. The van der Waals surface area contributed by atoms with Gasteiger partial charge in [0.2, 0.25) is 0 Å². The molecule has 1 aromatic carbocycles. The fraction of sp³-hybridized carbons (Fsp3) is 0.455. The zero-order chi connectivity index (χ0) is 9.97. The molecule has 1 heterocycles. The van der Waals surface area contributed by atoms with Gasteiger partial charge in [0.25, 0.3) is 0 Å².